The Hall–Kier alpha value is -2.63. The third-order valence-corrected chi connectivity index (χ3v) is 5.41. The molecule has 2 aliphatic rings. The van der Waals surface area contributed by atoms with Gasteiger partial charge in [-0.1, -0.05) is 54.1 Å². The highest BCUT2D eigenvalue weighted by Gasteiger charge is 2.46. The molecule has 2 aliphatic heterocycles. The van der Waals surface area contributed by atoms with E-state index in [0.29, 0.717) is 23.7 Å². The topological polar surface area (TPSA) is 66.8 Å². The number of amides is 1. The van der Waals surface area contributed by atoms with Gasteiger partial charge in [-0.25, -0.2) is 0 Å². The van der Waals surface area contributed by atoms with Crippen molar-refractivity contribution in [2.45, 2.75) is 25.0 Å². The van der Waals surface area contributed by atoms with Crippen molar-refractivity contribution in [3.63, 3.8) is 0 Å². The second-order valence-corrected chi connectivity index (χ2v) is 7.44. The quantitative estimate of drug-likeness (QED) is 0.482. The Kier molecular flexibility index (Phi) is 5.20. The van der Waals surface area contributed by atoms with Crippen LogP contribution >= 0.6 is 11.6 Å². The van der Waals surface area contributed by atoms with Crippen LogP contribution < -0.4 is 0 Å². The molecule has 0 saturated carbocycles. The van der Waals surface area contributed by atoms with Crippen molar-refractivity contribution < 1.29 is 19.4 Å². The highest BCUT2D eigenvalue weighted by molar-refractivity contribution is 6.46. The lowest BCUT2D eigenvalue weighted by molar-refractivity contribution is -0.140. The molecular weight excluding hydrogens is 378 g/mol. The van der Waals surface area contributed by atoms with Gasteiger partial charge >= 0.3 is 0 Å². The highest BCUT2D eigenvalue weighted by Crippen LogP contribution is 2.40. The van der Waals surface area contributed by atoms with E-state index in [2.05, 4.69) is 0 Å². The molecule has 1 N–H and O–H groups in total. The molecule has 2 fully saturated rings. The second kappa shape index (κ2) is 7.78. The fourth-order valence-electron chi connectivity index (χ4n) is 3.85. The van der Waals surface area contributed by atoms with Crippen molar-refractivity contribution in [1.82, 2.24) is 4.90 Å². The van der Waals surface area contributed by atoms with Crippen molar-refractivity contribution in [3.05, 3.63) is 76.3 Å². The van der Waals surface area contributed by atoms with Crippen LogP contribution in [-0.4, -0.2) is 41.0 Å². The van der Waals surface area contributed by atoms with Crippen molar-refractivity contribution in [2.24, 2.45) is 0 Å². The van der Waals surface area contributed by atoms with Crippen molar-refractivity contribution >= 4 is 29.1 Å². The number of ether oxygens (including phenoxy) is 1. The molecule has 144 valence electrons. The second-order valence-electron chi connectivity index (χ2n) is 7.01. The van der Waals surface area contributed by atoms with E-state index in [1.807, 2.05) is 30.3 Å². The Morgan fingerprint density at radius 3 is 2.61 bits per heavy atom. The van der Waals surface area contributed by atoms with Crippen molar-refractivity contribution in [1.29, 1.82) is 0 Å². The third-order valence-electron chi connectivity index (χ3n) is 5.18. The first-order valence-corrected chi connectivity index (χ1v) is 9.65. The summed E-state index contributed by atoms with van der Waals surface area (Å²) in [5.41, 5.74) is 1.25. The molecule has 2 saturated heterocycles. The van der Waals surface area contributed by atoms with Crippen LogP contribution in [0.3, 0.4) is 0 Å². The van der Waals surface area contributed by atoms with Crippen LogP contribution in [0.15, 0.2) is 60.2 Å². The predicted molar refractivity (Wildman–Crippen MR) is 106 cm³/mol. The zero-order valence-electron chi connectivity index (χ0n) is 15.2. The number of likely N-dealkylation sites (tertiary alicyclic amines) is 1. The van der Waals surface area contributed by atoms with E-state index in [-0.39, 0.29) is 17.4 Å². The fraction of sp³-hybridized carbons (Fsp3) is 0.273. The lowest BCUT2D eigenvalue weighted by atomic mass is 9.95. The van der Waals surface area contributed by atoms with Gasteiger partial charge < -0.3 is 14.7 Å². The normalized spacial score (nSPS) is 24.1. The van der Waals surface area contributed by atoms with E-state index in [4.69, 9.17) is 16.3 Å². The number of Topliss-reactive ketones (excluding diaryl/α,β-unsaturated/α-hetero) is 1. The fourth-order valence-corrected chi connectivity index (χ4v) is 4.04. The molecule has 0 aromatic heterocycles. The van der Waals surface area contributed by atoms with Crippen LogP contribution in [0.5, 0.6) is 0 Å². The van der Waals surface area contributed by atoms with E-state index in [9.17, 15) is 14.7 Å². The molecule has 2 aromatic carbocycles. The van der Waals surface area contributed by atoms with E-state index >= 15 is 0 Å². The number of hydrogen-bond donors (Lipinski definition) is 1. The molecule has 2 atom stereocenters. The zero-order chi connectivity index (χ0) is 19.7. The SMILES string of the molecule is O=C1C(=O)N(CC2CCCO2)C(c2ccccc2)/C1=C(/O)c1cccc(Cl)c1. The molecule has 6 heteroatoms. The minimum Gasteiger partial charge on any atom is -0.507 e. The zero-order valence-corrected chi connectivity index (χ0v) is 15.9. The number of benzene rings is 2. The average Bonchev–Trinajstić information content (AvgIpc) is 3.30. The standard InChI is InChI=1S/C22H20ClNO4/c23-16-9-4-8-15(12-16)20(25)18-19(14-6-2-1-3-7-14)24(22(27)21(18)26)13-17-10-5-11-28-17/h1-4,6-9,12,17,19,25H,5,10-11,13H2/b20-18-. The summed E-state index contributed by atoms with van der Waals surface area (Å²) in [6.07, 6.45) is 1.68. The number of rotatable bonds is 4. The molecule has 0 spiro atoms. The largest absolute Gasteiger partial charge is 0.507 e. The van der Waals surface area contributed by atoms with Gasteiger partial charge in [0.15, 0.2) is 0 Å². The minimum atomic E-state index is -0.690. The van der Waals surface area contributed by atoms with Gasteiger partial charge in [0.05, 0.1) is 17.7 Å². The molecule has 4 rings (SSSR count). The monoisotopic (exact) mass is 397 g/mol. The maximum atomic E-state index is 12.9. The summed E-state index contributed by atoms with van der Waals surface area (Å²) in [7, 11) is 0. The highest BCUT2D eigenvalue weighted by atomic mass is 35.5. The van der Waals surface area contributed by atoms with Gasteiger partial charge in [0, 0.05) is 23.7 Å². The molecule has 28 heavy (non-hydrogen) atoms. The average molecular weight is 398 g/mol. The Morgan fingerprint density at radius 1 is 1.14 bits per heavy atom. The summed E-state index contributed by atoms with van der Waals surface area (Å²) >= 11 is 6.04. The van der Waals surface area contributed by atoms with E-state index in [1.165, 1.54) is 4.90 Å². The number of carbonyl (C=O) groups excluding carboxylic acids is 2. The molecule has 0 radical (unpaired) electrons. The first-order valence-electron chi connectivity index (χ1n) is 9.27. The van der Waals surface area contributed by atoms with Crippen molar-refractivity contribution in [3.8, 4) is 0 Å². The van der Waals surface area contributed by atoms with Crippen LogP contribution in [-0.2, 0) is 14.3 Å². The van der Waals surface area contributed by atoms with Gasteiger partial charge in [-0.2, -0.15) is 0 Å². The molecule has 2 unspecified atom stereocenters. The maximum absolute atomic E-state index is 12.9. The van der Waals surface area contributed by atoms with E-state index in [0.717, 1.165) is 18.4 Å². The summed E-state index contributed by atoms with van der Waals surface area (Å²) in [6.45, 7) is 0.976. The first-order chi connectivity index (χ1) is 13.6. The van der Waals surface area contributed by atoms with Crippen LogP contribution in [0.4, 0.5) is 0 Å². The summed E-state index contributed by atoms with van der Waals surface area (Å²) in [4.78, 5) is 27.2. The molecule has 1 amide bonds. The van der Waals surface area contributed by atoms with Crippen molar-refractivity contribution in [2.75, 3.05) is 13.2 Å². The molecule has 0 aliphatic carbocycles. The summed E-state index contributed by atoms with van der Waals surface area (Å²) in [6, 6.07) is 15.2. The van der Waals surface area contributed by atoms with Crippen LogP contribution in [0, 0.1) is 0 Å². The number of aliphatic hydroxyl groups is 1. The Morgan fingerprint density at radius 2 is 1.93 bits per heavy atom. The number of aliphatic hydroxyl groups excluding tert-OH is 1. The van der Waals surface area contributed by atoms with Gasteiger partial charge in [0.1, 0.15) is 5.76 Å². The van der Waals surface area contributed by atoms with Gasteiger partial charge in [0.25, 0.3) is 11.7 Å². The Labute approximate surface area is 168 Å². The third kappa shape index (κ3) is 3.43. The summed E-state index contributed by atoms with van der Waals surface area (Å²) in [5, 5.41) is 11.4. The van der Waals surface area contributed by atoms with Crippen LogP contribution in [0.2, 0.25) is 5.02 Å². The lowest BCUT2D eigenvalue weighted by Crippen LogP contribution is -2.36. The summed E-state index contributed by atoms with van der Waals surface area (Å²) in [5.74, 6) is -1.53. The van der Waals surface area contributed by atoms with Crippen LogP contribution in [0.25, 0.3) is 5.76 Å². The molecular formula is C22H20ClNO4. The summed E-state index contributed by atoms with van der Waals surface area (Å²) < 4.78 is 5.68. The number of hydrogen-bond acceptors (Lipinski definition) is 4. The molecule has 0 bridgehead atoms. The first kappa shape index (κ1) is 18.7. The Balaban J connectivity index is 1.82. The maximum Gasteiger partial charge on any atom is 0.295 e. The molecule has 2 heterocycles. The lowest BCUT2D eigenvalue weighted by Gasteiger charge is -2.27. The molecule has 5 nitrogen and oxygen atoms in total. The molecule has 2 aromatic rings. The Bertz CT molecular complexity index is 935. The minimum absolute atomic E-state index is 0.0801. The number of halogens is 1. The van der Waals surface area contributed by atoms with Gasteiger partial charge in [-0.05, 0) is 30.5 Å². The smallest absolute Gasteiger partial charge is 0.295 e. The van der Waals surface area contributed by atoms with Gasteiger partial charge in [-0.15, -0.1) is 0 Å². The number of carbonyl (C=O) groups is 2. The van der Waals surface area contributed by atoms with Crippen LogP contribution in [0.1, 0.15) is 30.0 Å². The van der Waals surface area contributed by atoms with E-state index < -0.39 is 17.7 Å². The van der Waals surface area contributed by atoms with E-state index in [1.54, 1.807) is 24.3 Å². The number of nitrogens with zero attached hydrogens (tertiary/aromatic N) is 1. The number of ketones is 1. The van der Waals surface area contributed by atoms with Gasteiger partial charge in [0.2, 0.25) is 0 Å². The van der Waals surface area contributed by atoms with Gasteiger partial charge in [-0.3, -0.25) is 9.59 Å². The predicted octanol–water partition coefficient (Wildman–Crippen LogP) is 3.94.